The molecule has 0 spiro atoms. The molecule has 0 unspecified atom stereocenters. The Labute approximate surface area is 172 Å². The van der Waals surface area contributed by atoms with Crippen molar-refractivity contribution in [3.05, 3.63) is 53.1 Å². The van der Waals surface area contributed by atoms with E-state index in [1.807, 2.05) is 0 Å². The molecule has 0 aromatic heterocycles. The second kappa shape index (κ2) is 8.98. The minimum Gasteiger partial charge on any atom is -0.493 e. The maximum absolute atomic E-state index is 14.0. The minimum atomic E-state index is -0.766. The molecule has 1 heterocycles. The summed E-state index contributed by atoms with van der Waals surface area (Å²) >= 11 is 0. The third-order valence-corrected chi connectivity index (χ3v) is 5.02. The van der Waals surface area contributed by atoms with Crippen LogP contribution in [0.2, 0.25) is 0 Å². The van der Waals surface area contributed by atoms with E-state index in [1.54, 1.807) is 12.1 Å². The normalized spacial score (nSPS) is 15.2. The van der Waals surface area contributed by atoms with Crippen molar-refractivity contribution in [1.29, 1.82) is 0 Å². The summed E-state index contributed by atoms with van der Waals surface area (Å²) < 4.78 is 42.9. The second-order valence-electron chi connectivity index (χ2n) is 6.70. The van der Waals surface area contributed by atoms with E-state index in [1.165, 1.54) is 26.2 Å². The van der Waals surface area contributed by atoms with Gasteiger partial charge in [0, 0.05) is 12.6 Å². The van der Waals surface area contributed by atoms with Gasteiger partial charge in [-0.1, -0.05) is 0 Å². The standard InChI is InChI=1S/C21H22F2N2O5/c1-28-18-8-12-6-7-25(21(27)24-16-9-13(22)4-5-15(16)23)17(11-20(26)30-3)14(12)10-19(18)29-2/h4-5,8-10,17H,6-7,11H2,1-3H3,(H,24,27)/t17-/m1/s1. The summed E-state index contributed by atoms with van der Waals surface area (Å²) in [6, 6.07) is 4.96. The molecular formula is C21H22F2N2O5. The zero-order valence-corrected chi connectivity index (χ0v) is 16.8. The molecule has 1 N–H and O–H groups in total. The summed E-state index contributed by atoms with van der Waals surface area (Å²) in [5, 5.41) is 2.39. The second-order valence-corrected chi connectivity index (χ2v) is 6.70. The average molecular weight is 420 g/mol. The number of urea groups is 1. The quantitative estimate of drug-likeness (QED) is 0.747. The molecule has 0 aliphatic carbocycles. The van der Waals surface area contributed by atoms with Gasteiger partial charge in [-0.3, -0.25) is 4.79 Å². The van der Waals surface area contributed by atoms with Gasteiger partial charge in [-0.2, -0.15) is 0 Å². The van der Waals surface area contributed by atoms with Crippen molar-refractivity contribution >= 4 is 17.7 Å². The van der Waals surface area contributed by atoms with Crippen molar-refractivity contribution < 1.29 is 32.6 Å². The number of nitrogens with one attached hydrogen (secondary N) is 1. The number of rotatable bonds is 5. The Morgan fingerprint density at radius 3 is 2.47 bits per heavy atom. The maximum Gasteiger partial charge on any atom is 0.322 e. The van der Waals surface area contributed by atoms with Crippen molar-refractivity contribution in [2.24, 2.45) is 0 Å². The van der Waals surface area contributed by atoms with E-state index in [4.69, 9.17) is 14.2 Å². The smallest absolute Gasteiger partial charge is 0.322 e. The zero-order chi connectivity index (χ0) is 21.8. The molecule has 0 fully saturated rings. The van der Waals surface area contributed by atoms with Crippen LogP contribution in [0.4, 0.5) is 19.3 Å². The fourth-order valence-corrected chi connectivity index (χ4v) is 3.51. The van der Waals surface area contributed by atoms with Crippen LogP contribution < -0.4 is 14.8 Å². The number of nitrogens with zero attached hydrogens (tertiary/aromatic N) is 1. The Morgan fingerprint density at radius 2 is 1.80 bits per heavy atom. The summed E-state index contributed by atoms with van der Waals surface area (Å²) in [5.74, 6) is -0.980. The lowest BCUT2D eigenvalue weighted by Gasteiger charge is -2.37. The van der Waals surface area contributed by atoms with Crippen LogP contribution in [0.25, 0.3) is 0 Å². The van der Waals surface area contributed by atoms with Gasteiger partial charge >= 0.3 is 12.0 Å². The van der Waals surface area contributed by atoms with E-state index in [0.717, 1.165) is 23.8 Å². The summed E-state index contributed by atoms with van der Waals surface area (Å²) in [6.07, 6.45) is 0.366. The monoisotopic (exact) mass is 420 g/mol. The number of benzene rings is 2. The van der Waals surface area contributed by atoms with E-state index in [-0.39, 0.29) is 18.7 Å². The molecule has 1 aliphatic rings. The number of halogens is 2. The molecule has 1 aliphatic heterocycles. The van der Waals surface area contributed by atoms with Gasteiger partial charge in [-0.05, 0) is 41.8 Å². The SMILES string of the molecule is COC(=O)C[C@@H]1c2cc(OC)c(OC)cc2CCN1C(=O)Nc1cc(F)ccc1F. The fourth-order valence-electron chi connectivity index (χ4n) is 3.51. The zero-order valence-electron chi connectivity index (χ0n) is 16.8. The first-order valence-electron chi connectivity index (χ1n) is 9.22. The first kappa shape index (κ1) is 21.4. The molecule has 3 rings (SSSR count). The van der Waals surface area contributed by atoms with Crippen LogP contribution in [-0.4, -0.2) is 44.8 Å². The molecule has 0 bridgehead atoms. The predicted octanol–water partition coefficient (Wildman–Crippen LogP) is 3.68. The number of anilines is 1. The molecule has 9 heteroatoms. The molecule has 0 saturated heterocycles. The number of ether oxygens (including phenoxy) is 3. The molecule has 2 amide bonds. The Balaban J connectivity index is 1.97. The first-order chi connectivity index (χ1) is 14.4. The number of esters is 1. The van der Waals surface area contributed by atoms with Crippen LogP contribution in [0.3, 0.4) is 0 Å². The third kappa shape index (κ3) is 4.29. The summed E-state index contributed by atoms with van der Waals surface area (Å²) in [4.78, 5) is 26.4. The molecule has 2 aromatic rings. The average Bonchev–Trinajstić information content (AvgIpc) is 2.75. The van der Waals surface area contributed by atoms with Crippen LogP contribution in [0.5, 0.6) is 11.5 Å². The van der Waals surface area contributed by atoms with Crippen molar-refractivity contribution in [2.75, 3.05) is 33.2 Å². The Hall–Kier alpha value is -3.36. The number of hydrogen-bond donors (Lipinski definition) is 1. The molecular weight excluding hydrogens is 398 g/mol. The lowest BCUT2D eigenvalue weighted by molar-refractivity contribution is -0.141. The highest BCUT2D eigenvalue weighted by atomic mass is 19.1. The molecule has 1 atom stereocenters. The highest BCUT2D eigenvalue weighted by molar-refractivity contribution is 5.90. The van der Waals surface area contributed by atoms with Crippen LogP contribution in [0.15, 0.2) is 30.3 Å². The van der Waals surface area contributed by atoms with Crippen LogP contribution >= 0.6 is 0 Å². The van der Waals surface area contributed by atoms with Gasteiger partial charge in [0.15, 0.2) is 11.5 Å². The van der Waals surface area contributed by atoms with Gasteiger partial charge < -0.3 is 24.4 Å². The fraction of sp³-hybridized carbons (Fsp3) is 0.333. The highest BCUT2D eigenvalue weighted by Gasteiger charge is 2.34. The number of hydrogen-bond acceptors (Lipinski definition) is 5. The number of carbonyl (C=O) groups excluding carboxylic acids is 2. The van der Waals surface area contributed by atoms with E-state index < -0.39 is 29.7 Å². The van der Waals surface area contributed by atoms with E-state index in [2.05, 4.69) is 5.32 Å². The van der Waals surface area contributed by atoms with Crippen molar-refractivity contribution in [3.63, 3.8) is 0 Å². The van der Waals surface area contributed by atoms with Crippen LogP contribution in [0, 0.1) is 11.6 Å². The van der Waals surface area contributed by atoms with Crippen LogP contribution in [0.1, 0.15) is 23.6 Å². The Kier molecular flexibility index (Phi) is 6.39. The summed E-state index contributed by atoms with van der Waals surface area (Å²) in [6.45, 7) is 0.257. The minimum absolute atomic E-state index is 0.113. The van der Waals surface area contributed by atoms with Crippen molar-refractivity contribution in [3.8, 4) is 11.5 Å². The topological polar surface area (TPSA) is 77.1 Å². The van der Waals surface area contributed by atoms with Gasteiger partial charge in [-0.15, -0.1) is 0 Å². The number of methoxy groups -OCH3 is 3. The van der Waals surface area contributed by atoms with Gasteiger partial charge in [0.2, 0.25) is 0 Å². The van der Waals surface area contributed by atoms with Gasteiger partial charge in [-0.25, -0.2) is 13.6 Å². The molecule has 0 saturated carbocycles. The van der Waals surface area contributed by atoms with Crippen molar-refractivity contribution in [2.45, 2.75) is 18.9 Å². The van der Waals surface area contributed by atoms with E-state index in [9.17, 15) is 18.4 Å². The first-order valence-corrected chi connectivity index (χ1v) is 9.22. The molecule has 160 valence electrons. The lowest BCUT2D eigenvalue weighted by Crippen LogP contribution is -2.43. The number of fused-ring (bicyclic) bond motifs is 1. The summed E-state index contributed by atoms with van der Waals surface area (Å²) in [5.41, 5.74) is 1.30. The largest absolute Gasteiger partial charge is 0.493 e. The van der Waals surface area contributed by atoms with E-state index in [0.29, 0.717) is 23.5 Å². The predicted molar refractivity (Wildman–Crippen MR) is 105 cm³/mol. The molecule has 30 heavy (non-hydrogen) atoms. The maximum atomic E-state index is 14.0. The lowest BCUT2D eigenvalue weighted by atomic mass is 9.90. The van der Waals surface area contributed by atoms with Crippen molar-refractivity contribution in [1.82, 2.24) is 4.90 Å². The molecule has 0 radical (unpaired) electrons. The third-order valence-electron chi connectivity index (χ3n) is 5.02. The van der Waals surface area contributed by atoms with E-state index >= 15 is 0 Å². The van der Waals surface area contributed by atoms with Gasteiger partial charge in [0.1, 0.15) is 11.6 Å². The number of amides is 2. The Bertz CT molecular complexity index is 967. The molecule has 2 aromatic carbocycles. The summed E-state index contributed by atoms with van der Waals surface area (Å²) in [7, 11) is 4.26. The van der Waals surface area contributed by atoms with Gasteiger partial charge in [0.05, 0.1) is 39.5 Å². The number of carbonyl (C=O) groups is 2. The van der Waals surface area contributed by atoms with Gasteiger partial charge in [0.25, 0.3) is 0 Å². The van der Waals surface area contributed by atoms with Crippen LogP contribution in [-0.2, 0) is 16.0 Å². The Morgan fingerprint density at radius 1 is 1.10 bits per heavy atom. The highest BCUT2D eigenvalue weighted by Crippen LogP contribution is 2.39. The molecule has 7 nitrogen and oxygen atoms in total.